The van der Waals surface area contributed by atoms with E-state index in [1.54, 1.807) is 0 Å². The molecule has 4 amide bonds. The van der Waals surface area contributed by atoms with E-state index in [2.05, 4.69) is 25.5 Å². The lowest BCUT2D eigenvalue weighted by atomic mass is 9.93. The molecule has 140 heavy (non-hydrogen) atoms. The number of ether oxygens (including phenoxy) is 21. The number of carboxylic acids is 1. The second kappa shape index (κ2) is 49.2. The maximum absolute atomic E-state index is 13.2. The smallest absolute Gasteiger partial charge is 0.449 e. The molecule has 0 aromatic rings. The maximum atomic E-state index is 13.2. The van der Waals surface area contributed by atoms with Crippen LogP contribution in [0.15, 0.2) is 0 Å². The first-order valence-corrected chi connectivity index (χ1v) is 44.7. The molecule has 11 heterocycles. The van der Waals surface area contributed by atoms with Crippen molar-refractivity contribution in [3.05, 3.63) is 0 Å². The van der Waals surface area contributed by atoms with Gasteiger partial charge in [-0.3, -0.25) is 23.7 Å². The molecule has 0 unspecified atom stereocenters. The zero-order chi connectivity index (χ0) is 103. The third-order valence-corrected chi connectivity index (χ3v) is 25.1. The van der Waals surface area contributed by atoms with Crippen LogP contribution in [0.4, 0.5) is 0 Å². The monoisotopic (exact) mass is 2070 g/mol. The zero-order valence-electron chi connectivity index (χ0n) is 73.6. The van der Waals surface area contributed by atoms with Crippen molar-refractivity contribution in [2.45, 2.75) is 365 Å². The van der Waals surface area contributed by atoms with Crippen molar-refractivity contribution in [2.24, 2.45) is 0 Å². The lowest BCUT2D eigenvalue weighted by Crippen LogP contribution is -2.71. The Morgan fingerprint density at radius 3 is 0.857 bits per heavy atom. The maximum Gasteiger partial charge on any atom is 0.449 e. The molecule has 0 bridgehead atoms. The summed E-state index contributed by atoms with van der Waals surface area (Å²) in [5.74, 6) is -8.01. The molecular weight excluding hydrogens is 1950 g/mol. The second-order valence-electron chi connectivity index (χ2n) is 34.3. The van der Waals surface area contributed by atoms with E-state index < -0.39 is 443 Å². The highest BCUT2D eigenvalue weighted by molar-refractivity contribution is 7.81. The predicted octanol–water partition coefficient (Wildman–Crippen LogP) is -25.0. The van der Waals surface area contributed by atoms with Gasteiger partial charge in [-0.25, -0.2) is 9.59 Å². The van der Waals surface area contributed by atoms with Gasteiger partial charge in [0, 0.05) is 27.7 Å². The predicted molar refractivity (Wildman–Crippen MR) is 420 cm³/mol. The SMILES string of the molecule is CC(=O)N[C@@H]1[C@@H](O)[C@H](O[C@@H]2O[C@H](CO)[C@@H](O[C@@H]3O[C@H](CO[C@H]4O[C@H](CO)[C@@H](O)[C@H](O)[C@@H]4O[C@@H]4O[C@H](CO)[C@@H](O[C@@H]5O[C@H](CO)[C@H](O)[C@H](O[C@@H]6O[C@H](C(=O)O)[C@@H](O)[C@H](O)[C@H]6O)[C@H]5O)[C@H](O)[C@H]4NC(C)=O)[C@@H](O)[C@H](O[C@H]4O[C@H](CO)[C@@H](O)[C@H](O)[C@@H]4O[C@@H]4O[C@H](CO)[C@@H](O[C@@H]5O[C@H](CO)[C@H](O)[C@H](O[C@@H]6O[C@H](C(=O)OS(=O)(=O)O)[C@@H](O)[C@H](O)[C@H]6O)[C@H]5O)[C@H](O)[C@H]4NC(C)=O)[C@@H]3O)[C@H](O)[C@H]2NC(C)=O)[C@@H](CO)O[C@H]1O. The summed E-state index contributed by atoms with van der Waals surface area (Å²) >= 11 is 0. The third kappa shape index (κ3) is 25.5. The molecule has 0 radical (unpaired) electrons. The highest BCUT2D eigenvalue weighted by Crippen LogP contribution is 2.42. The van der Waals surface area contributed by atoms with Crippen LogP contribution in [0, 0.1) is 0 Å². The first-order valence-electron chi connectivity index (χ1n) is 43.3. The highest BCUT2D eigenvalue weighted by Gasteiger charge is 2.64. The minimum Gasteiger partial charge on any atom is -0.479 e. The Bertz CT molecular complexity index is 4120. The van der Waals surface area contributed by atoms with Crippen molar-refractivity contribution in [1.29, 1.82) is 0 Å². The van der Waals surface area contributed by atoms with Crippen molar-refractivity contribution in [1.82, 2.24) is 21.3 Å². The number of carbonyl (C=O) groups excluding carboxylic acids is 5. The number of aliphatic hydroxyl groups excluding tert-OH is 29. The van der Waals surface area contributed by atoms with Crippen molar-refractivity contribution in [2.75, 3.05) is 59.5 Å². The summed E-state index contributed by atoms with van der Waals surface area (Å²) < 4.78 is 159. The van der Waals surface area contributed by atoms with E-state index in [1.165, 1.54) is 0 Å². The first kappa shape index (κ1) is 115. The molecule has 0 aliphatic carbocycles. The largest absolute Gasteiger partial charge is 0.479 e. The van der Waals surface area contributed by atoms with Crippen LogP contribution in [0.2, 0.25) is 0 Å². The number of carboxylic acid groups (broad SMARTS) is 1. The molecule has 0 saturated carbocycles. The van der Waals surface area contributed by atoms with E-state index in [-0.39, 0.29) is 0 Å². The average molecular weight is 2070 g/mol. The van der Waals surface area contributed by atoms with Gasteiger partial charge in [-0.05, 0) is 0 Å². The van der Waals surface area contributed by atoms with Crippen LogP contribution < -0.4 is 21.3 Å². The number of aliphatic carboxylic acids is 1. The quantitative estimate of drug-likeness (QED) is 0.0259. The molecule has 0 spiro atoms. The zero-order valence-corrected chi connectivity index (χ0v) is 74.5. The molecule has 65 nitrogen and oxygen atoms in total. The van der Waals surface area contributed by atoms with Gasteiger partial charge in [-0.15, -0.1) is 0 Å². The molecule has 55 atom stereocenters. The van der Waals surface area contributed by atoms with Crippen LogP contribution in [0.5, 0.6) is 0 Å². The molecule has 0 aromatic heterocycles. The number of aliphatic hydroxyl groups is 29. The number of rotatable bonds is 36. The van der Waals surface area contributed by atoms with Gasteiger partial charge in [0.15, 0.2) is 81.4 Å². The molecule has 11 fully saturated rings. The molecule has 35 N–H and O–H groups in total. The van der Waals surface area contributed by atoms with Gasteiger partial charge < -0.3 is 278 Å². The average Bonchev–Trinajstić information content (AvgIpc) is 0.752. The summed E-state index contributed by atoms with van der Waals surface area (Å²) in [5, 5.41) is 346. The van der Waals surface area contributed by atoms with E-state index in [1.807, 2.05) is 0 Å². The number of amides is 4. The number of hydrogen-bond acceptors (Lipinski definition) is 59. The summed E-state index contributed by atoms with van der Waals surface area (Å²) in [6.45, 7) is -7.66. The summed E-state index contributed by atoms with van der Waals surface area (Å²) in [6, 6.07) is -8.00. The fraction of sp³-hybridized carbons (Fsp3) is 0.919. The minimum atomic E-state index is -5.65. The van der Waals surface area contributed by atoms with E-state index in [0.29, 0.717) is 0 Å². The van der Waals surface area contributed by atoms with Gasteiger partial charge in [-0.1, -0.05) is 0 Å². The summed E-state index contributed by atoms with van der Waals surface area (Å²) in [6.07, 6.45) is -117. The van der Waals surface area contributed by atoms with E-state index in [0.717, 1.165) is 27.7 Å². The van der Waals surface area contributed by atoms with Crippen LogP contribution in [0.25, 0.3) is 0 Å². The Morgan fingerprint density at radius 1 is 0.250 bits per heavy atom. The van der Waals surface area contributed by atoms with Crippen LogP contribution in [-0.4, -0.2) is 599 Å². The van der Waals surface area contributed by atoms with Gasteiger partial charge >= 0.3 is 22.3 Å². The Hall–Kier alpha value is -5.27. The lowest BCUT2D eigenvalue weighted by Gasteiger charge is -2.51. The molecule has 11 rings (SSSR count). The van der Waals surface area contributed by atoms with E-state index in [9.17, 15) is 190 Å². The third-order valence-electron chi connectivity index (χ3n) is 24.7. The van der Waals surface area contributed by atoms with E-state index in [4.69, 9.17) is 104 Å². The molecule has 0 aromatic carbocycles. The number of carbonyl (C=O) groups is 6. The molecule has 11 aliphatic heterocycles. The first-order chi connectivity index (χ1) is 65.9. The normalized spacial score (nSPS) is 48.2. The molecule has 11 aliphatic rings. The van der Waals surface area contributed by atoms with Gasteiger partial charge in [0.25, 0.3) is 0 Å². The topological polar surface area (TPSA) is 1010 Å². The summed E-state index contributed by atoms with van der Waals surface area (Å²) in [5.41, 5.74) is 0. The van der Waals surface area contributed by atoms with Gasteiger partial charge in [-0.2, -0.15) is 8.42 Å². The highest BCUT2D eigenvalue weighted by atomic mass is 32.3. The Labute approximate surface area is 788 Å². The second-order valence-corrected chi connectivity index (χ2v) is 35.4. The fourth-order valence-electron chi connectivity index (χ4n) is 17.5. The Balaban J connectivity index is 0.899. The van der Waals surface area contributed by atoms with Gasteiger partial charge in [0.2, 0.25) is 23.6 Å². The molecule has 808 valence electrons. The molecule has 11 saturated heterocycles. The van der Waals surface area contributed by atoms with Gasteiger partial charge in [0.05, 0.1) is 59.5 Å². The molecule has 66 heteroatoms. The molecular formula is C74H120N4O61S. The van der Waals surface area contributed by atoms with Crippen molar-refractivity contribution in [3.8, 4) is 0 Å². The van der Waals surface area contributed by atoms with E-state index >= 15 is 0 Å². The summed E-state index contributed by atoms with van der Waals surface area (Å²) in [7, 11) is -5.65. The van der Waals surface area contributed by atoms with Crippen molar-refractivity contribution in [3.63, 3.8) is 0 Å². The Morgan fingerprint density at radius 2 is 0.507 bits per heavy atom. The summed E-state index contributed by atoms with van der Waals surface area (Å²) in [4.78, 5) is 76.4. The van der Waals surface area contributed by atoms with Crippen molar-refractivity contribution >= 4 is 46.0 Å². The Kier molecular flexibility index (Phi) is 40.5. The van der Waals surface area contributed by atoms with Gasteiger partial charge in [0.1, 0.15) is 256 Å². The van der Waals surface area contributed by atoms with Crippen LogP contribution in [-0.2, 0) is 143 Å². The fourth-order valence-corrected chi connectivity index (χ4v) is 17.8. The van der Waals surface area contributed by atoms with Crippen LogP contribution in [0.3, 0.4) is 0 Å². The van der Waals surface area contributed by atoms with Crippen LogP contribution in [0.1, 0.15) is 27.7 Å². The van der Waals surface area contributed by atoms with Crippen molar-refractivity contribution < 1.29 is 299 Å². The lowest BCUT2D eigenvalue weighted by molar-refractivity contribution is -0.400. The number of nitrogens with one attached hydrogen (secondary N) is 4. The standard InChI is InChI=1S/C74H120N4O61S/c1-14(87)75-27-36(96)51(22(9-83)119-63(27)113)128-65-28(76-15(2)88)37(97)54(23(10-84)124-65)131-72-50(110)57(134-74-61(43(103)32(92)19(6-80)123-74)138-67-30(78-17(4)90)39(99)53(25(12-86)126-67)130-71-49(109)56(34(94)21(8-82)121-71)133-69-47(107)41(101)45(105)59(136-69)64(114)139-140(115,116)117)35(95)26(127-72)13-118-73-60(42(102)31(91)18(5-79)122-73)137-66-29(77-16(3)89)38(98)52(24(11-85)125-66)129-70-48(108)55(33(93)20(7-81)120-70)132-68-46(106)40(100)44(104)58(135-68)62(111)112/h18-61,63,65-74,79-86,91-110,113H,5-13H2,1-4H3,(H,75,87)(H,76,88)(H,77,89)(H,78,90)(H,111,112)(H,115,116,117)/t18-,19-,20-,21-,22-,23-,24-,25-,26-,27-,28-,29-,30-,31-,32-,33+,34+,35-,36-,37-,38-,39-,40+,41+,42+,43+,44+,45+,46-,47-,48-,49-,50+,51-,52-,53-,54-,55+,56+,57+,58+,59+,60+,61+,63-,65+,66+,67+,68-,69-,70+,71+,72+,73+,74-/m1/s1. The number of hydrogen-bond donors (Lipinski definition) is 35. The van der Waals surface area contributed by atoms with Crippen LogP contribution >= 0.6 is 0 Å². The minimum absolute atomic E-state index is 0.828.